The van der Waals surface area contributed by atoms with Gasteiger partial charge in [-0.2, -0.15) is 13.2 Å². The van der Waals surface area contributed by atoms with Crippen molar-refractivity contribution in [3.05, 3.63) is 59.2 Å². The molecular weight excluding hydrogens is 511 g/mol. The number of fused-ring (bicyclic) bond motifs is 1. The van der Waals surface area contributed by atoms with E-state index >= 15 is 0 Å². The van der Waals surface area contributed by atoms with Crippen LogP contribution in [0.1, 0.15) is 61.0 Å². The van der Waals surface area contributed by atoms with Crippen LogP contribution in [0.3, 0.4) is 0 Å². The first-order valence-corrected chi connectivity index (χ1v) is 13.4. The summed E-state index contributed by atoms with van der Waals surface area (Å²) < 4.78 is 43.3. The Morgan fingerprint density at radius 3 is 2.36 bits per heavy atom. The largest absolute Gasteiger partial charge is 0.493 e. The zero-order chi connectivity index (χ0) is 27.8. The predicted octanol–water partition coefficient (Wildman–Crippen LogP) is 5.35. The van der Waals surface area contributed by atoms with E-state index in [9.17, 15) is 22.8 Å². The van der Waals surface area contributed by atoms with Gasteiger partial charge in [0.1, 0.15) is 11.4 Å². The molecule has 39 heavy (non-hydrogen) atoms. The number of alkyl halides is 3. The molecule has 0 aromatic heterocycles. The van der Waals surface area contributed by atoms with Crippen LogP contribution in [-0.2, 0) is 22.6 Å². The fraction of sp³-hybridized carbons (Fsp3) is 0.517. The second kappa shape index (κ2) is 10.4. The Balaban J connectivity index is 1.12. The fourth-order valence-electron chi connectivity index (χ4n) is 5.98. The van der Waals surface area contributed by atoms with Gasteiger partial charge < -0.3 is 14.5 Å². The summed E-state index contributed by atoms with van der Waals surface area (Å²) in [5.41, 5.74) is 5.00. The molecule has 1 spiro atoms. The number of piperidine rings is 2. The van der Waals surface area contributed by atoms with E-state index in [0.29, 0.717) is 18.7 Å². The minimum absolute atomic E-state index is 0.0947. The molecule has 2 saturated heterocycles. The zero-order valence-electron chi connectivity index (χ0n) is 22.3. The number of nitrogens with zero attached hydrogens (tertiary/aromatic N) is 2. The first-order chi connectivity index (χ1) is 18.4. The highest BCUT2D eigenvalue weighted by molar-refractivity contribution is 5.95. The number of hydrogen-bond donors (Lipinski definition) is 1. The Morgan fingerprint density at radius 1 is 1.00 bits per heavy atom. The summed E-state index contributed by atoms with van der Waals surface area (Å²) in [5.74, 6) is -1.49. The van der Waals surface area contributed by atoms with E-state index in [0.717, 1.165) is 57.5 Å². The Hall–Kier alpha value is -3.27. The van der Waals surface area contributed by atoms with Gasteiger partial charge in [0.15, 0.2) is 0 Å². The zero-order valence-corrected chi connectivity index (χ0v) is 22.3. The normalized spacial score (nSPS) is 20.3. The van der Waals surface area contributed by atoms with Gasteiger partial charge in [0.05, 0.1) is 5.69 Å². The van der Waals surface area contributed by atoms with Crippen molar-refractivity contribution in [3.8, 4) is 5.75 Å². The van der Waals surface area contributed by atoms with Crippen molar-refractivity contribution in [2.45, 2.75) is 64.3 Å². The van der Waals surface area contributed by atoms with E-state index in [2.05, 4.69) is 41.8 Å². The van der Waals surface area contributed by atoms with Crippen molar-refractivity contribution >= 4 is 17.6 Å². The van der Waals surface area contributed by atoms with Gasteiger partial charge in [-0.25, -0.2) is 10.3 Å². The summed E-state index contributed by atoms with van der Waals surface area (Å²) in [6.07, 6.45) is -0.160. The van der Waals surface area contributed by atoms with E-state index in [1.165, 1.54) is 29.3 Å². The maximum Gasteiger partial charge on any atom is 0.493 e. The first-order valence-electron chi connectivity index (χ1n) is 13.4. The van der Waals surface area contributed by atoms with Gasteiger partial charge in [0.25, 0.3) is 5.91 Å². The molecule has 7 nitrogen and oxygen atoms in total. The predicted molar refractivity (Wildman–Crippen MR) is 139 cm³/mol. The summed E-state index contributed by atoms with van der Waals surface area (Å²) in [6.45, 7) is 8.41. The molecule has 2 aromatic rings. The van der Waals surface area contributed by atoms with Crippen LogP contribution >= 0.6 is 0 Å². The van der Waals surface area contributed by atoms with Gasteiger partial charge in [-0.3, -0.25) is 9.69 Å². The smallest absolute Gasteiger partial charge is 0.487 e. The molecule has 5 rings (SSSR count). The van der Waals surface area contributed by atoms with E-state index in [1.54, 1.807) is 11.0 Å². The standard InChI is InChI=1S/C29H34F3N3O4/c1-27(2)18-21-6-3-7-22(24(21)38-27)19-34-13-9-28(10-14-34)11-15-35(16-12-28)25(36)20-5-4-8-23(17-20)33-39-26(37)29(30,31)32/h3-8,17,33H,9-16,18-19H2,1-2H3. The molecule has 0 saturated carbocycles. The van der Waals surface area contributed by atoms with Gasteiger partial charge in [-0.05, 0) is 81.8 Å². The Labute approximate surface area is 226 Å². The number of ether oxygens (including phenoxy) is 1. The Morgan fingerprint density at radius 2 is 1.67 bits per heavy atom. The van der Waals surface area contributed by atoms with Crippen molar-refractivity contribution in [1.29, 1.82) is 0 Å². The number of carbonyl (C=O) groups excluding carboxylic acids is 2. The van der Waals surface area contributed by atoms with E-state index in [1.807, 2.05) is 5.48 Å². The SMILES string of the molecule is CC1(C)Cc2cccc(CN3CCC4(CC3)CCN(C(=O)c3cccc(NOC(=O)C(F)(F)F)c3)CC4)c2O1. The second-order valence-electron chi connectivity index (χ2n) is 11.6. The number of rotatable bonds is 5. The van der Waals surface area contributed by atoms with Gasteiger partial charge in [-0.1, -0.05) is 24.3 Å². The van der Waals surface area contributed by atoms with Crippen molar-refractivity contribution < 1.29 is 32.3 Å². The number of para-hydroxylation sites is 1. The lowest BCUT2D eigenvalue weighted by Gasteiger charge is -2.47. The highest BCUT2D eigenvalue weighted by atomic mass is 19.4. The monoisotopic (exact) mass is 545 g/mol. The van der Waals surface area contributed by atoms with Crippen LogP contribution in [0.25, 0.3) is 0 Å². The van der Waals surface area contributed by atoms with Crippen LogP contribution in [0.15, 0.2) is 42.5 Å². The lowest BCUT2D eigenvalue weighted by atomic mass is 9.71. The van der Waals surface area contributed by atoms with E-state index in [-0.39, 0.29) is 22.6 Å². The molecule has 1 N–H and O–H groups in total. The lowest BCUT2D eigenvalue weighted by Crippen LogP contribution is -2.48. The minimum Gasteiger partial charge on any atom is -0.487 e. The molecule has 2 fully saturated rings. The summed E-state index contributed by atoms with van der Waals surface area (Å²) in [4.78, 5) is 32.4. The highest BCUT2D eigenvalue weighted by Gasteiger charge is 2.42. The number of hydrogen-bond acceptors (Lipinski definition) is 6. The van der Waals surface area contributed by atoms with Crippen LogP contribution < -0.4 is 10.2 Å². The Bertz CT molecular complexity index is 1230. The fourth-order valence-corrected chi connectivity index (χ4v) is 5.98. The maximum absolute atomic E-state index is 13.1. The third-order valence-corrected chi connectivity index (χ3v) is 8.20. The van der Waals surface area contributed by atoms with Crippen LogP contribution in [0.2, 0.25) is 0 Å². The molecule has 0 aliphatic carbocycles. The molecule has 0 bridgehead atoms. The quantitative estimate of drug-likeness (QED) is 0.511. The summed E-state index contributed by atoms with van der Waals surface area (Å²) in [7, 11) is 0. The number of nitrogens with one attached hydrogen (secondary N) is 1. The van der Waals surface area contributed by atoms with Crippen LogP contribution in [0, 0.1) is 5.41 Å². The van der Waals surface area contributed by atoms with Gasteiger partial charge in [0, 0.05) is 37.2 Å². The first kappa shape index (κ1) is 27.3. The second-order valence-corrected chi connectivity index (χ2v) is 11.6. The van der Waals surface area contributed by atoms with Crippen molar-refractivity contribution in [1.82, 2.24) is 9.80 Å². The molecule has 0 atom stereocenters. The molecule has 3 aliphatic rings. The third-order valence-electron chi connectivity index (χ3n) is 8.20. The highest BCUT2D eigenvalue weighted by Crippen LogP contribution is 2.43. The van der Waals surface area contributed by atoms with Crippen LogP contribution in [0.5, 0.6) is 5.75 Å². The number of halogens is 3. The molecule has 1 amide bonds. The minimum atomic E-state index is -5.10. The molecule has 2 aromatic carbocycles. The lowest BCUT2D eigenvalue weighted by molar-refractivity contribution is -0.196. The number of carbonyl (C=O) groups is 2. The molecular formula is C29H34F3N3O4. The molecule has 10 heteroatoms. The topological polar surface area (TPSA) is 71.1 Å². The Kier molecular flexibility index (Phi) is 7.26. The number of likely N-dealkylation sites (tertiary alicyclic amines) is 2. The van der Waals surface area contributed by atoms with Crippen molar-refractivity contribution in [3.63, 3.8) is 0 Å². The molecule has 3 aliphatic heterocycles. The van der Waals surface area contributed by atoms with Gasteiger partial charge in [0.2, 0.25) is 0 Å². The average molecular weight is 546 g/mol. The average Bonchev–Trinajstić information content (AvgIpc) is 3.23. The number of amides is 1. The summed E-state index contributed by atoms with van der Waals surface area (Å²) >= 11 is 0. The van der Waals surface area contributed by atoms with E-state index in [4.69, 9.17) is 4.74 Å². The number of benzene rings is 2. The maximum atomic E-state index is 13.1. The van der Waals surface area contributed by atoms with Gasteiger partial charge >= 0.3 is 12.1 Å². The van der Waals surface area contributed by atoms with Crippen LogP contribution in [-0.4, -0.2) is 59.6 Å². The van der Waals surface area contributed by atoms with Crippen molar-refractivity contribution in [2.75, 3.05) is 31.7 Å². The molecule has 210 valence electrons. The van der Waals surface area contributed by atoms with Crippen LogP contribution in [0.4, 0.5) is 18.9 Å². The van der Waals surface area contributed by atoms with Gasteiger partial charge in [-0.15, -0.1) is 0 Å². The third kappa shape index (κ3) is 6.16. The number of anilines is 1. The van der Waals surface area contributed by atoms with E-state index < -0.39 is 12.1 Å². The molecule has 0 radical (unpaired) electrons. The van der Waals surface area contributed by atoms with Crippen molar-refractivity contribution in [2.24, 2.45) is 5.41 Å². The molecule has 3 heterocycles. The summed E-state index contributed by atoms with van der Waals surface area (Å²) in [6, 6.07) is 12.4. The molecule has 0 unspecified atom stereocenters. The summed E-state index contributed by atoms with van der Waals surface area (Å²) in [5, 5.41) is 0.